The lowest BCUT2D eigenvalue weighted by Crippen LogP contribution is -2.12. The van der Waals surface area contributed by atoms with E-state index in [1.165, 1.54) is 6.07 Å². The van der Waals surface area contributed by atoms with Crippen LogP contribution in [0.3, 0.4) is 0 Å². The highest BCUT2D eigenvalue weighted by Gasteiger charge is 2.38. The van der Waals surface area contributed by atoms with Crippen molar-refractivity contribution in [3.8, 4) is 62.0 Å². The molecule has 0 aliphatic carbocycles. The first kappa shape index (κ1) is 42.3. The molecule has 0 atom stereocenters. The smallest absolute Gasteiger partial charge is 0.309 e. The molecule has 11 aromatic rings. The van der Waals surface area contributed by atoms with E-state index in [1.54, 1.807) is 24.3 Å². The minimum Gasteiger partial charge on any atom is -0.309 e. The van der Waals surface area contributed by atoms with Gasteiger partial charge in [-0.25, -0.2) is 0 Å². The van der Waals surface area contributed by atoms with Crippen LogP contribution in [0.1, 0.15) is 27.8 Å². The molecule has 2 heterocycles. The Labute approximate surface area is 387 Å². The molecule has 9 aromatic carbocycles. The number of para-hydroxylation sites is 2. The second kappa shape index (κ2) is 15.9. The van der Waals surface area contributed by atoms with Crippen LogP contribution in [0.25, 0.3) is 99.5 Å². The molecule has 0 spiro atoms. The van der Waals surface area contributed by atoms with Gasteiger partial charge in [0.05, 0.1) is 56.2 Å². The quantitative estimate of drug-likeness (QED) is 0.153. The molecule has 0 aliphatic heterocycles. The van der Waals surface area contributed by atoms with E-state index in [-0.39, 0.29) is 11.6 Å². The first-order valence-electron chi connectivity index (χ1n) is 21.9. The predicted molar refractivity (Wildman–Crippen MR) is 261 cm³/mol. The van der Waals surface area contributed by atoms with Gasteiger partial charge in [0.25, 0.3) is 0 Å². The number of nitrogens with zero attached hydrogens (tertiary/aromatic N) is 3. The van der Waals surface area contributed by atoms with Crippen molar-refractivity contribution < 1.29 is 26.3 Å². The van der Waals surface area contributed by atoms with Crippen LogP contribution in [0.15, 0.2) is 188 Å². The summed E-state index contributed by atoms with van der Waals surface area (Å²) < 4.78 is 91.0. The van der Waals surface area contributed by atoms with E-state index in [0.29, 0.717) is 34.1 Å². The number of fused-ring (bicyclic) bond motifs is 6. The summed E-state index contributed by atoms with van der Waals surface area (Å²) >= 11 is 0. The van der Waals surface area contributed by atoms with Crippen LogP contribution in [0.5, 0.6) is 0 Å². The molecule has 0 saturated heterocycles. The first-order chi connectivity index (χ1) is 32.7. The largest absolute Gasteiger partial charge is 0.417 e. The molecule has 11 rings (SSSR count). The number of aromatic nitrogens is 2. The van der Waals surface area contributed by atoms with E-state index in [4.69, 9.17) is 0 Å². The van der Waals surface area contributed by atoms with Crippen LogP contribution >= 0.6 is 0 Å². The average molecular weight is 902 g/mol. The molecule has 0 saturated carbocycles. The Kier molecular flexibility index (Phi) is 9.90. The zero-order chi connectivity index (χ0) is 47.1. The number of hydrogen-bond acceptors (Lipinski definition) is 1. The Morgan fingerprint density at radius 2 is 0.868 bits per heavy atom. The highest BCUT2D eigenvalue weighted by atomic mass is 19.4. The molecule has 0 fully saturated rings. The van der Waals surface area contributed by atoms with Crippen LogP contribution in [0, 0.1) is 25.2 Å². The van der Waals surface area contributed by atoms with E-state index < -0.39 is 29.0 Å². The summed E-state index contributed by atoms with van der Waals surface area (Å²) in [4.78, 5) is 0. The summed E-state index contributed by atoms with van der Waals surface area (Å²) in [6, 6.07) is 59.1. The summed E-state index contributed by atoms with van der Waals surface area (Å²) in [7, 11) is 0. The van der Waals surface area contributed by atoms with E-state index in [1.807, 2.05) is 98.8 Å². The lowest BCUT2D eigenvalue weighted by Gasteiger charge is -2.21. The highest BCUT2D eigenvalue weighted by Crippen LogP contribution is 2.46. The highest BCUT2D eigenvalue weighted by molar-refractivity contribution is 6.13. The van der Waals surface area contributed by atoms with Crippen molar-refractivity contribution in [3.63, 3.8) is 0 Å². The fraction of sp³-hybridized carbons (Fsp3) is 0.0678. The fourth-order valence-corrected chi connectivity index (χ4v) is 9.81. The molecule has 330 valence electrons. The third kappa shape index (κ3) is 7.17. The predicted octanol–water partition coefficient (Wildman–Crippen LogP) is 17.1. The maximum atomic E-state index is 14.9. The number of rotatable bonds is 6. The van der Waals surface area contributed by atoms with Crippen LogP contribution in [-0.2, 0) is 12.4 Å². The number of hydrogen-bond donors (Lipinski definition) is 0. The number of benzene rings is 9. The van der Waals surface area contributed by atoms with Gasteiger partial charge in [0.15, 0.2) is 0 Å². The molecule has 3 nitrogen and oxygen atoms in total. The van der Waals surface area contributed by atoms with Crippen molar-refractivity contribution in [1.82, 2.24) is 9.13 Å². The van der Waals surface area contributed by atoms with Gasteiger partial charge in [0, 0.05) is 32.7 Å². The molecule has 0 radical (unpaired) electrons. The Morgan fingerprint density at radius 3 is 1.38 bits per heavy atom. The van der Waals surface area contributed by atoms with Crippen molar-refractivity contribution in [1.29, 1.82) is 5.26 Å². The summed E-state index contributed by atoms with van der Waals surface area (Å²) in [5, 5.41) is 14.3. The minimum atomic E-state index is -5.12. The van der Waals surface area contributed by atoms with Gasteiger partial charge >= 0.3 is 12.4 Å². The van der Waals surface area contributed by atoms with Gasteiger partial charge < -0.3 is 9.13 Å². The van der Waals surface area contributed by atoms with Gasteiger partial charge in [0.2, 0.25) is 0 Å². The standard InChI is InChI=1S/C59H37F6N3/c1-35-9-7-11-38(27-35)40-18-24-55-48(30-40)45-13-3-5-15-52(45)67(55)54-23-17-37(34-66)29-47(54)50-32-42(44-22-21-43(58(60,61)62)33-51(44)59(63,64)65)20-26-57(50)68-53-16-6-4-14-46(53)49-31-41(19-25-56(49)68)39-12-8-10-36(2)28-39/h3-33H,1-2H3. The lowest BCUT2D eigenvalue weighted by molar-refractivity contribution is -0.142. The SMILES string of the molecule is Cc1cccc(-c2ccc3c(c2)c2ccccc2n3-c2ccc(C#N)cc2-c2cc(-c3ccc(C(F)(F)F)cc3C(F)(F)F)ccc2-n2c3ccccc3c3cc(-c4cccc(C)c4)ccc32)c1. The molecule has 9 heteroatoms. The van der Waals surface area contributed by atoms with Gasteiger partial charge in [-0.05, 0) is 126 Å². The van der Waals surface area contributed by atoms with Gasteiger partial charge in [-0.3, -0.25) is 0 Å². The maximum absolute atomic E-state index is 14.9. The molecular formula is C59H37F6N3. The topological polar surface area (TPSA) is 33.6 Å². The first-order valence-corrected chi connectivity index (χ1v) is 21.9. The van der Waals surface area contributed by atoms with E-state index >= 15 is 0 Å². The van der Waals surface area contributed by atoms with Gasteiger partial charge in [-0.2, -0.15) is 31.6 Å². The Morgan fingerprint density at radius 1 is 0.382 bits per heavy atom. The summed E-state index contributed by atoms with van der Waals surface area (Å²) in [5.74, 6) is 0. The van der Waals surface area contributed by atoms with Gasteiger partial charge in [-0.1, -0.05) is 120 Å². The summed E-state index contributed by atoms with van der Waals surface area (Å²) in [5.41, 5.74) is 9.04. The van der Waals surface area contributed by atoms with Crippen molar-refractivity contribution in [2.24, 2.45) is 0 Å². The normalized spacial score (nSPS) is 12.1. The van der Waals surface area contributed by atoms with Crippen molar-refractivity contribution in [2.45, 2.75) is 26.2 Å². The van der Waals surface area contributed by atoms with E-state index in [2.05, 4.69) is 69.8 Å². The van der Waals surface area contributed by atoms with Gasteiger partial charge in [0.1, 0.15) is 0 Å². The van der Waals surface area contributed by atoms with Gasteiger partial charge in [-0.15, -0.1) is 0 Å². The lowest BCUT2D eigenvalue weighted by atomic mass is 9.92. The molecule has 0 bridgehead atoms. The molecule has 2 aromatic heterocycles. The van der Waals surface area contributed by atoms with E-state index in [0.717, 1.165) is 83.1 Å². The molecule has 0 N–H and O–H groups in total. The van der Waals surface area contributed by atoms with Crippen molar-refractivity contribution >= 4 is 43.6 Å². The van der Waals surface area contributed by atoms with Crippen LogP contribution in [0.2, 0.25) is 0 Å². The minimum absolute atomic E-state index is 0.0469. The fourth-order valence-electron chi connectivity index (χ4n) is 9.81. The zero-order valence-corrected chi connectivity index (χ0v) is 36.5. The second-order valence-electron chi connectivity index (χ2n) is 17.2. The monoisotopic (exact) mass is 901 g/mol. The van der Waals surface area contributed by atoms with Crippen LogP contribution < -0.4 is 0 Å². The molecule has 0 amide bonds. The summed E-state index contributed by atoms with van der Waals surface area (Å²) in [6.07, 6.45) is -10.1. The number of nitriles is 1. The third-order valence-electron chi connectivity index (χ3n) is 12.9. The molecule has 0 aliphatic rings. The third-order valence-corrected chi connectivity index (χ3v) is 12.9. The molecule has 0 unspecified atom stereocenters. The van der Waals surface area contributed by atoms with Crippen molar-refractivity contribution in [2.75, 3.05) is 0 Å². The maximum Gasteiger partial charge on any atom is 0.417 e. The number of alkyl halides is 6. The molecular weight excluding hydrogens is 865 g/mol. The van der Waals surface area contributed by atoms with Crippen molar-refractivity contribution in [3.05, 3.63) is 216 Å². The van der Waals surface area contributed by atoms with Crippen LogP contribution in [-0.4, -0.2) is 9.13 Å². The Balaban J connectivity index is 1.23. The Bertz CT molecular complexity index is 3880. The molecule has 68 heavy (non-hydrogen) atoms. The number of halogens is 6. The van der Waals surface area contributed by atoms with E-state index in [9.17, 15) is 31.6 Å². The average Bonchev–Trinajstić information content (AvgIpc) is 3.85. The second-order valence-corrected chi connectivity index (χ2v) is 17.2. The number of aryl methyl sites for hydroxylation is 2. The Hall–Kier alpha value is -8.35. The summed E-state index contributed by atoms with van der Waals surface area (Å²) in [6.45, 7) is 4.09. The van der Waals surface area contributed by atoms with Crippen LogP contribution in [0.4, 0.5) is 26.3 Å². The zero-order valence-electron chi connectivity index (χ0n) is 36.5.